The zero-order valence-electron chi connectivity index (χ0n) is 11.7. The Morgan fingerprint density at radius 3 is 2.48 bits per heavy atom. The fourth-order valence-electron chi connectivity index (χ4n) is 2.39. The molecule has 1 N–H and O–H groups in total. The Bertz CT molecular complexity index is 627. The van der Waals surface area contributed by atoms with Crippen LogP contribution in [0.5, 0.6) is 0 Å². The highest BCUT2D eigenvalue weighted by Crippen LogP contribution is 2.28. The zero-order chi connectivity index (χ0) is 15.8. The number of hydrogen-bond donors (Lipinski definition) is 1. The van der Waals surface area contributed by atoms with Gasteiger partial charge in [0.2, 0.25) is 10.0 Å². The number of hydrogen-bond acceptors (Lipinski definition) is 4. The molecule has 0 bridgehead atoms. The molecule has 21 heavy (non-hydrogen) atoms. The van der Waals surface area contributed by atoms with E-state index in [1.807, 2.05) is 0 Å². The molecule has 2 atom stereocenters. The number of benzene rings is 1. The third-order valence-electron chi connectivity index (χ3n) is 3.25. The Hall–Kier alpha value is -0.730. The molecule has 0 amide bonds. The van der Waals surface area contributed by atoms with Gasteiger partial charge in [-0.05, 0) is 26.0 Å². The summed E-state index contributed by atoms with van der Waals surface area (Å²) in [5.41, 5.74) is -0.143. The fraction of sp³-hybridized carbons (Fsp3) is 0.538. The van der Waals surface area contributed by atoms with Crippen LogP contribution in [0.15, 0.2) is 17.0 Å². The van der Waals surface area contributed by atoms with E-state index in [0.29, 0.717) is 0 Å². The van der Waals surface area contributed by atoms with Crippen molar-refractivity contribution in [2.45, 2.75) is 37.6 Å². The second-order valence-corrected chi connectivity index (χ2v) is 7.46. The van der Waals surface area contributed by atoms with Gasteiger partial charge in [0.1, 0.15) is 10.7 Å². The third-order valence-corrected chi connectivity index (χ3v) is 5.30. The van der Waals surface area contributed by atoms with Gasteiger partial charge in [-0.3, -0.25) is 0 Å². The monoisotopic (exact) mass is 337 g/mol. The summed E-state index contributed by atoms with van der Waals surface area (Å²) in [5.74, 6) is -0.964. The highest BCUT2D eigenvalue weighted by atomic mass is 35.5. The van der Waals surface area contributed by atoms with Crippen LogP contribution in [0.2, 0.25) is 5.02 Å². The van der Waals surface area contributed by atoms with E-state index in [1.165, 1.54) is 10.4 Å². The average molecular weight is 338 g/mol. The number of halogens is 2. The second-order valence-electron chi connectivity index (χ2n) is 5.11. The first kappa shape index (κ1) is 16.6. The van der Waals surface area contributed by atoms with Crippen LogP contribution >= 0.6 is 11.6 Å². The summed E-state index contributed by atoms with van der Waals surface area (Å²) in [5, 5.41) is 9.16. The minimum atomic E-state index is -4.03. The first-order chi connectivity index (χ1) is 9.75. The largest absolute Gasteiger partial charge is 0.392 e. The molecule has 0 spiro atoms. The van der Waals surface area contributed by atoms with E-state index in [9.17, 15) is 12.8 Å². The van der Waals surface area contributed by atoms with Gasteiger partial charge < -0.3 is 9.84 Å². The average Bonchev–Trinajstić information content (AvgIpc) is 2.39. The summed E-state index contributed by atoms with van der Waals surface area (Å²) >= 11 is 5.82. The van der Waals surface area contributed by atoms with Crippen molar-refractivity contribution in [1.82, 2.24) is 4.31 Å². The summed E-state index contributed by atoms with van der Waals surface area (Å²) in [6, 6.07) is 2.27. The van der Waals surface area contributed by atoms with Crippen molar-refractivity contribution >= 4 is 21.6 Å². The highest BCUT2D eigenvalue weighted by molar-refractivity contribution is 7.89. The maximum Gasteiger partial charge on any atom is 0.246 e. The van der Waals surface area contributed by atoms with Crippen molar-refractivity contribution in [3.8, 4) is 0 Å². The maximum absolute atomic E-state index is 14.2. The van der Waals surface area contributed by atoms with Gasteiger partial charge in [0.25, 0.3) is 0 Å². The molecular formula is C13H17ClFNO4S. The lowest BCUT2D eigenvalue weighted by Crippen LogP contribution is -2.48. The summed E-state index contributed by atoms with van der Waals surface area (Å²) in [6.45, 7) is 3.18. The van der Waals surface area contributed by atoms with E-state index < -0.39 is 27.3 Å². The van der Waals surface area contributed by atoms with Crippen LogP contribution in [-0.2, 0) is 21.4 Å². The van der Waals surface area contributed by atoms with Crippen molar-refractivity contribution in [3.05, 3.63) is 28.5 Å². The van der Waals surface area contributed by atoms with Gasteiger partial charge in [0, 0.05) is 23.7 Å². The predicted molar refractivity (Wildman–Crippen MR) is 76.1 cm³/mol. The van der Waals surface area contributed by atoms with Gasteiger partial charge in [-0.25, -0.2) is 12.8 Å². The molecule has 1 heterocycles. The van der Waals surface area contributed by atoms with E-state index in [4.69, 9.17) is 21.4 Å². The maximum atomic E-state index is 14.2. The molecule has 1 aliphatic heterocycles. The smallest absolute Gasteiger partial charge is 0.246 e. The van der Waals surface area contributed by atoms with Crippen LogP contribution in [0.4, 0.5) is 4.39 Å². The number of aliphatic hydroxyl groups is 1. The van der Waals surface area contributed by atoms with Gasteiger partial charge in [-0.15, -0.1) is 0 Å². The molecule has 2 rings (SSSR count). The number of ether oxygens (including phenoxy) is 1. The van der Waals surface area contributed by atoms with Crippen LogP contribution in [-0.4, -0.2) is 43.1 Å². The normalized spacial score (nSPS) is 24.2. The van der Waals surface area contributed by atoms with Crippen molar-refractivity contribution < 1.29 is 22.7 Å². The molecule has 0 aliphatic carbocycles. The lowest BCUT2D eigenvalue weighted by Gasteiger charge is -2.34. The van der Waals surface area contributed by atoms with E-state index in [0.717, 1.165) is 6.07 Å². The Balaban J connectivity index is 2.47. The number of morpholine rings is 1. The van der Waals surface area contributed by atoms with Crippen molar-refractivity contribution in [3.63, 3.8) is 0 Å². The molecule has 1 fully saturated rings. The van der Waals surface area contributed by atoms with Crippen LogP contribution in [0.1, 0.15) is 19.4 Å². The molecule has 1 saturated heterocycles. The lowest BCUT2D eigenvalue weighted by molar-refractivity contribution is -0.0441. The summed E-state index contributed by atoms with van der Waals surface area (Å²) in [7, 11) is -4.03. The van der Waals surface area contributed by atoms with Crippen LogP contribution in [0.25, 0.3) is 0 Å². The lowest BCUT2D eigenvalue weighted by atomic mass is 10.2. The third kappa shape index (κ3) is 3.37. The van der Waals surface area contributed by atoms with Gasteiger partial charge >= 0.3 is 0 Å². The first-order valence-electron chi connectivity index (χ1n) is 6.50. The molecule has 0 aromatic heterocycles. The molecule has 118 valence electrons. The van der Waals surface area contributed by atoms with E-state index >= 15 is 0 Å². The number of nitrogens with zero attached hydrogens (tertiary/aromatic N) is 1. The minimum absolute atomic E-state index is 0.0633. The minimum Gasteiger partial charge on any atom is -0.392 e. The molecule has 5 nitrogen and oxygen atoms in total. The Labute approximate surface area is 128 Å². The van der Waals surface area contributed by atoms with Gasteiger partial charge in [-0.2, -0.15) is 4.31 Å². The number of sulfonamides is 1. The topological polar surface area (TPSA) is 66.8 Å². The molecule has 0 unspecified atom stereocenters. The number of aliphatic hydroxyl groups excluding tert-OH is 1. The van der Waals surface area contributed by atoms with Crippen molar-refractivity contribution in [2.75, 3.05) is 13.1 Å². The van der Waals surface area contributed by atoms with Crippen LogP contribution in [0.3, 0.4) is 0 Å². The molecule has 1 aromatic rings. The summed E-state index contributed by atoms with van der Waals surface area (Å²) in [6.07, 6.45) is -0.550. The van der Waals surface area contributed by atoms with Gasteiger partial charge in [0.15, 0.2) is 0 Å². The van der Waals surface area contributed by atoms with Gasteiger partial charge in [-0.1, -0.05) is 11.6 Å². The SMILES string of the molecule is C[C@@H]1CN(S(=O)(=O)c2cc(Cl)cc(CO)c2F)C[C@H](C)O1. The Morgan fingerprint density at radius 2 is 1.95 bits per heavy atom. The first-order valence-corrected chi connectivity index (χ1v) is 8.32. The Kier molecular flexibility index (Phi) is 4.89. The standard InChI is InChI=1S/C13H17ClFNO4S/c1-8-5-16(6-9(2)20-8)21(18,19)12-4-11(14)3-10(7-17)13(12)15/h3-4,8-9,17H,5-7H2,1-2H3/t8-,9+. The molecular weight excluding hydrogens is 321 g/mol. The van der Waals surface area contributed by atoms with E-state index in [-0.39, 0.29) is 35.9 Å². The molecule has 1 aromatic carbocycles. The number of rotatable bonds is 3. The van der Waals surface area contributed by atoms with Crippen molar-refractivity contribution in [2.24, 2.45) is 0 Å². The highest BCUT2D eigenvalue weighted by Gasteiger charge is 2.34. The molecule has 1 aliphatic rings. The summed E-state index contributed by atoms with van der Waals surface area (Å²) < 4.78 is 46.1. The van der Waals surface area contributed by atoms with Crippen molar-refractivity contribution in [1.29, 1.82) is 0 Å². The molecule has 0 saturated carbocycles. The predicted octanol–water partition coefficient (Wildman–Crippen LogP) is 1.77. The van der Waals surface area contributed by atoms with Crippen LogP contribution in [0, 0.1) is 5.82 Å². The molecule has 8 heteroatoms. The summed E-state index contributed by atoms with van der Waals surface area (Å²) in [4.78, 5) is -0.514. The van der Waals surface area contributed by atoms with E-state index in [2.05, 4.69) is 0 Å². The second kappa shape index (κ2) is 6.18. The van der Waals surface area contributed by atoms with Crippen LogP contribution < -0.4 is 0 Å². The zero-order valence-corrected chi connectivity index (χ0v) is 13.3. The molecule has 0 radical (unpaired) electrons. The van der Waals surface area contributed by atoms with E-state index in [1.54, 1.807) is 13.8 Å². The Morgan fingerprint density at radius 1 is 1.38 bits per heavy atom. The van der Waals surface area contributed by atoms with Gasteiger partial charge in [0.05, 0.1) is 18.8 Å². The fourth-order valence-corrected chi connectivity index (χ4v) is 4.42. The quantitative estimate of drug-likeness (QED) is 0.912.